The number of fused-ring (bicyclic) bond motifs is 7. The van der Waals surface area contributed by atoms with Crippen LogP contribution < -0.4 is 5.30 Å². The van der Waals surface area contributed by atoms with Gasteiger partial charge in [0.15, 0.2) is 5.82 Å². The molecule has 0 saturated carbocycles. The van der Waals surface area contributed by atoms with Gasteiger partial charge in [-0.2, -0.15) is 0 Å². The van der Waals surface area contributed by atoms with Crippen LogP contribution in [0, 0.1) is 0 Å². The molecule has 61 heavy (non-hydrogen) atoms. The molecule has 0 aliphatic rings. The Morgan fingerprint density at radius 2 is 1.02 bits per heavy atom. The fraction of sp³-hybridized carbons (Fsp3) is 0.0364. The van der Waals surface area contributed by atoms with Gasteiger partial charge in [0.2, 0.25) is 0 Å². The van der Waals surface area contributed by atoms with Crippen LogP contribution in [-0.2, 0) is 4.57 Å². The molecule has 3 aromatic heterocycles. The molecule has 0 unspecified atom stereocenters. The van der Waals surface area contributed by atoms with Crippen LogP contribution in [0.5, 0.6) is 0 Å². The van der Waals surface area contributed by atoms with Gasteiger partial charge in [-0.1, -0.05) is 158 Å². The van der Waals surface area contributed by atoms with Crippen molar-refractivity contribution in [3.63, 3.8) is 0 Å². The number of para-hydroxylation sites is 2. The Hall–Kier alpha value is -7.46. The lowest BCUT2D eigenvalue weighted by atomic mass is 9.94. The van der Waals surface area contributed by atoms with Crippen molar-refractivity contribution < 1.29 is 4.57 Å². The van der Waals surface area contributed by atoms with Crippen molar-refractivity contribution in [1.29, 1.82) is 0 Å². The number of benzene rings is 8. The van der Waals surface area contributed by atoms with Crippen LogP contribution in [0.25, 0.3) is 105 Å². The van der Waals surface area contributed by atoms with Crippen LogP contribution in [0.3, 0.4) is 0 Å². The normalized spacial score (nSPS) is 11.8. The van der Waals surface area contributed by atoms with Crippen LogP contribution in [0.4, 0.5) is 0 Å². The number of hydrogen-bond acceptors (Lipinski definition) is 4. The van der Waals surface area contributed by atoms with Crippen molar-refractivity contribution in [3.8, 4) is 62.0 Å². The monoisotopic (exact) mass is 802 g/mol. The van der Waals surface area contributed by atoms with Gasteiger partial charge in [0.25, 0.3) is 0 Å². The number of aromatic nitrogens is 4. The van der Waals surface area contributed by atoms with Gasteiger partial charge in [-0.15, -0.1) is 0 Å². The second-order valence-electron chi connectivity index (χ2n) is 15.9. The molecule has 11 rings (SSSR count). The molecule has 8 aromatic carbocycles. The Morgan fingerprint density at radius 1 is 0.410 bits per heavy atom. The average Bonchev–Trinajstić information content (AvgIpc) is 3.66. The minimum atomic E-state index is -2.47. The number of rotatable bonds is 7. The van der Waals surface area contributed by atoms with E-state index in [9.17, 15) is 4.57 Å². The summed E-state index contributed by atoms with van der Waals surface area (Å²) in [6.07, 6.45) is 0. The Balaban J connectivity index is 1.06. The molecule has 6 heteroatoms. The van der Waals surface area contributed by atoms with Gasteiger partial charge in [0.1, 0.15) is 7.14 Å². The molecule has 0 saturated heterocycles. The smallest absolute Gasteiger partial charge is 0.160 e. The van der Waals surface area contributed by atoms with Crippen LogP contribution in [0.1, 0.15) is 0 Å². The summed E-state index contributed by atoms with van der Waals surface area (Å²) in [6.45, 7) is 3.60. The molecular weight excluding hydrogens is 764 g/mol. The summed E-state index contributed by atoms with van der Waals surface area (Å²) in [5.74, 6) is 0.641. The van der Waals surface area contributed by atoms with Gasteiger partial charge in [-0.25, -0.2) is 15.0 Å². The second-order valence-corrected chi connectivity index (χ2v) is 19.2. The summed E-state index contributed by atoms with van der Waals surface area (Å²) in [5, 5.41) is 6.71. The first-order valence-electron chi connectivity index (χ1n) is 20.5. The Bertz CT molecular complexity index is 3500. The number of hydrogen-bond donors (Lipinski definition) is 0. The Labute approximate surface area is 354 Å². The fourth-order valence-electron chi connectivity index (χ4n) is 8.70. The summed E-state index contributed by atoms with van der Waals surface area (Å²) >= 11 is 0. The maximum Gasteiger partial charge on any atom is 0.160 e. The van der Waals surface area contributed by atoms with E-state index in [2.05, 4.69) is 144 Å². The largest absolute Gasteiger partial charge is 0.319 e. The average molecular weight is 803 g/mol. The van der Waals surface area contributed by atoms with Crippen molar-refractivity contribution in [2.24, 2.45) is 0 Å². The SMILES string of the molecule is CP(C)(=O)c1cccc(-c2cc(-c3ccc(-c4ccc5c(c4)nc(-c4ccccc4)c4ccc6c(c7ccccc7n6-c6ccccc6)c45)cc3)nc(-c3ccccc3)n2)c1. The van der Waals surface area contributed by atoms with Crippen LogP contribution in [0.15, 0.2) is 200 Å². The first-order chi connectivity index (χ1) is 29.9. The lowest BCUT2D eigenvalue weighted by Crippen LogP contribution is -2.03. The highest BCUT2D eigenvalue weighted by Crippen LogP contribution is 2.43. The van der Waals surface area contributed by atoms with E-state index >= 15 is 0 Å². The first kappa shape index (κ1) is 36.6. The summed E-state index contributed by atoms with van der Waals surface area (Å²) in [7, 11) is -2.47. The predicted octanol–water partition coefficient (Wildman–Crippen LogP) is 13.9. The quantitative estimate of drug-likeness (QED) is 0.119. The van der Waals surface area contributed by atoms with Crippen molar-refractivity contribution in [2.45, 2.75) is 0 Å². The van der Waals surface area contributed by atoms with E-state index in [-0.39, 0.29) is 0 Å². The van der Waals surface area contributed by atoms with E-state index in [0.717, 1.165) is 83.3 Å². The second kappa shape index (κ2) is 14.7. The third kappa shape index (κ3) is 6.51. The lowest BCUT2D eigenvalue weighted by molar-refractivity contribution is 0.588. The molecule has 0 N–H and O–H groups in total. The molecule has 5 nitrogen and oxygen atoms in total. The van der Waals surface area contributed by atoms with E-state index in [0.29, 0.717) is 5.82 Å². The van der Waals surface area contributed by atoms with Crippen LogP contribution >= 0.6 is 7.14 Å². The zero-order valence-corrected chi connectivity index (χ0v) is 34.6. The molecule has 0 aliphatic heterocycles. The first-order valence-corrected chi connectivity index (χ1v) is 23.1. The summed E-state index contributed by atoms with van der Waals surface area (Å²) < 4.78 is 15.4. The molecular formula is C55H39N4OP. The van der Waals surface area contributed by atoms with Crippen LogP contribution in [0.2, 0.25) is 0 Å². The van der Waals surface area contributed by atoms with E-state index in [1.54, 1.807) is 13.3 Å². The zero-order valence-electron chi connectivity index (χ0n) is 33.7. The third-order valence-corrected chi connectivity index (χ3v) is 13.2. The zero-order chi connectivity index (χ0) is 41.1. The number of nitrogens with zero attached hydrogens (tertiary/aromatic N) is 4. The highest BCUT2D eigenvalue weighted by molar-refractivity contribution is 7.70. The molecule has 0 spiro atoms. The van der Waals surface area contributed by atoms with E-state index in [1.807, 2.05) is 60.7 Å². The standard InChI is InChI=1S/C55H39N4OP/c1-61(2,60)43-22-14-19-41(33-43)48-35-47(57-55(58-48)39-17-8-4-9-18-39)37-27-25-36(26-28-37)40-29-30-44-49(34-40)56-54(38-15-6-3-7-16-38)46-31-32-51-53(52(44)46)45-23-12-13-24-50(45)59(51)42-20-10-5-11-21-42/h3-35H,1-2H3. The van der Waals surface area contributed by atoms with Crippen LogP contribution in [-0.4, -0.2) is 32.8 Å². The minimum Gasteiger partial charge on any atom is -0.319 e. The van der Waals surface area contributed by atoms with Crippen molar-refractivity contribution in [1.82, 2.24) is 19.5 Å². The van der Waals surface area contributed by atoms with Crippen molar-refractivity contribution in [3.05, 3.63) is 200 Å². The highest BCUT2D eigenvalue weighted by atomic mass is 31.2. The summed E-state index contributed by atoms with van der Waals surface area (Å²) in [6, 6.07) is 69.7. The molecule has 3 heterocycles. The molecule has 0 atom stereocenters. The third-order valence-electron chi connectivity index (χ3n) is 11.7. The Morgan fingerprint density at radius 3 is 1.75 bits per heavy atom. The predicted molar refractivity (Wildman–Crippen MR) is 255 cm³/mol. The summed E-state index contributed by atoms with van der Waals surface area (Å²) in [5.41, 5.74) is 13.0. The van der Waals surface area contributed by atoms with Crippen molar-refractivity contribution >= 4 is 55.9 Å². The van der Waals surface area contributed by atoms with Crippen molar-refractivity contribution in [2.75, 3.05) is 13.3 Å². The number of pyridine rings is 1. The molecule has 0 bridgehead atoms. The fourth-order valence-corrected chi connectivity index (χ4v) is 9.59. The molecule has 0 aliphatic carbocycles. The van der Waals surface area contributed by atoms with Gasteiger partial charge >= 0.3 is 0 Å². The van der Waals surface area contributed by atoms with Gasteiger partial charge in [0.05, 0.1) is 33.6 Å². The lowest BCUT2D eigenvalue weighted by Gasteiger charge is -2.14. The molecule has 0 amide bonds. The van der Waals surface area contributed by atoms with Gasteiger partial charge < -0.3 is 9.13 Å². The van der Waals surface area contributed by atoms with Gasteiger partial charge in [0, 0.05) is 60.2 Å². The molecule has 290 valence electrons. The molecule has 11 aromatic rings. The van der Waals surface area contributed by atoms with E-state index in [1.165, 1.54) is 21.7 Å². The highest BCUT2D eigenvalue weighted by Gasteiger charge is 2.20. The van der Waals surface area contributed by atoms with Gasteiger partial charge in [-0.3, -0.25) is 0 Å². The maximum absolute atomic E-state index is 13.0. The maximum atomic E-state index is 13.0. The Kier molecular flexibility index (Phi) is 8.80. The molecule has 0 fully saturated rings. The summed E-state index contributed by atoms with van der Waals surface area (Å²) in [4.78, 5) is 15.5. The van der Waals surface area contributed by atoms with Gasteiger partial charge in [-0.05, 0) is 66.9 Å². The van der Waals surface area contributed by atoms with E-state index < -0.39 is 7.14 Å². The van der Waals surface area contributed by atoms with E-state index in [4.69, 9.17) is 15.0 Å². The minimum absolute atomic E-state index is 0.641. The molecule has 0 radical (unpaired) electrons. The topological polar surface area (TPSA) is 60.7 Å².